The fourth-order valence-corrected chi connectivity index (χ4v) is 2.58. The van der Waals surface area contributed by atoms with Crippen molar-refractivity contribution in [3.8, 4) is 0 Å². The summed E-state index contributed by atoms with van der Waals surface area (Å²) in [6.07, 6.45) is 0.984. The van der Waals surface area contributed by atoms with Crippen LogP contribution in [-0.4, -0.2) is 38.9 Å². The number of fused-ring (bicyclic) bond motifs is 1. The van der Waals surface area contributed by atoms with Crippen molar-refractivity contribution in [3.63, 3.8) is 0 Å². The number of benzene rings is 1. The predicted octanol–water partition coefficient (Wildman–Crippen LogP) is 2.20. The Morgan fingerprint density at radius 3 is 2.89 bits per heavy atom. The molecule has 1 heterocycles. The number of methoxy groups -OCH3 is 1. The zero-order chi connectivity index (χ0) is 13.8. The standard InChI is InChI=1S/C15H23FN2O/c1-11(2)17-9-14(10-19-3)18-7-6-12-4-5-13(16)8-15(12)18/h4-5,8,11,14,17H,6-7,9-10H2,1-3H3. The van der Waals surface area contributed by atoms with Gasteiger partial charge < -0.3 is 15.0 Å². The molecule has 19 heavy (non-hydrogen) atoms. The number of nitrogens with one attached hydrogen (secondary N) is 1. The molecule has 0 spiro atoms. The third-order valence-electron chi connectivity index (χ3n) is 3.54. The number of nitrogens with zero attached hydrogens (tertiary/aromatic N) is 1. The molecule has 0 amide bonds. The van der Waals surface area contributed by atoms with Gasteiger partial charge in [-0.05, 0) is 24.1 Å². The molecule has 2 rings (SSSR count). The molecule has 1 aromatic rings. The number of rotatable bonds is 6. The Hall–Kier alpha value is -1.13. The van der Waals surface area contributed by atoms with Gasteiger partial charge >= 0.3 is 0 Å². The molecule has 0 bridgehead atoms. The number of hydrogen-bond donors (Lipinski definition) is 1. The monoisotopic (exact) mass is 266 g/mol. The molecule has 1 N–H and O–H groups in total. The highest BCUT2D eigenvalue weighted by Gasteiger charge is 2.26. The molecular formula is C15H23FN2O. The van der Waals surface area contributed by atoms with Crippen molar-refractivity contribution in [2.45, 2.75) is 32.4 Å². The van der Waals surface area contributed by atoms with Crippen LogP contribution in [0, 0.1) is 5.82 Å². The van der Waals surface area contributed by atoms with E-state index < -0.39 is 0 Å². The zero-order valence-electron chi connectivity index (χ0n) is 11.9. The van der Waals surface area contributed by atoms with Crippen LogP contribution in [0.4, 0.5) is 10.1 Å². The molecule has 3 nitrogen and oxygen atoms in total. The van der Waals surface area contributed by atoms with Crippen LogP contribution in [-0.2, 0) is 11.2 Å². The SMILES string of the molecule is COCC(CNC(C)C)N1CCc2ccc(F)cc21. The van der Waals surface area contributed by atoms with Crippen LogP contribution in [0.2, 0.25) is 0 Å². The van der Waals surface area contributed by atoms with Gasteiger partial charge in [-0.25, -0.2) is 4.39 Å². The Morgan fingerprint density at radius 2 is 2.21 bits per heavy atom. The Labute approximate surface area is 114 Å². The van der Waals surface area contributed by atoms with E-state index in [1.165, 1.54) is 5.56 Å². The van der Waals surface area contributed by atoms with Crippen LogP contribution in [0.25, 0.3) is 0 Å². The summed E-state index contributed by atoms with van der Waals surface area (Å²) in [4.78, 5) is 2.26. The summed E-state index contributed by atoms with van der Waals surface area (Å²) in [5, 5.41) is 3.44. The Balaban J connectivity index is 2.13. The van der Waals surface area contributed by atoms with Gasteiger partial charge in [-0.3, -0.25) is 0 Å². The number of hydrogen-bond acceptors (Lipinski definition) is 3. The van der Waals surface area contributed by atoms with Gasteiger partial charge in [-0.15, -0.1) is 0 Å². The second-order valence-corrected chi connectivity index (χ2v) is 5.39. The highest BCUT2D eigenvalue weighted by Crippen LogP contribution is 2.30. The van der Waals surface area contributed by atoms with Crippen molar-refractivity contribution in [1.29, 1.82) is 0 Å². The molecule has 1 atom stereocenters. The first-order valence-electron chi connectivity index (χ1n) is 6.89. The molecule has 0 aromatic heterocycles. The lowest BCUT2D eigenvalue weighted by atomic mass is 10.1. The van der Waals surface area contributed by atoms with E-state index in [-0.39, 0.29) is 11.9 Å². The van der Waals surface area contributed by atoms with Crippen molar-refractivity contribution in [2.24, 2.45) is 0 Å². The third kappa shape index (κ3) is 3.45. The minimum atomic E-state index is -0.168. The molecule has 106 valence electrons. The van der Waals surface area contributed by atoms with Crippen LogP contribution in [0.3, 0.4) is 0 Å². The van der Waals surface area contributed by atoms with E-state index in [4.69, 9.17) is 4.74 Å². The highest BCUT2D eigenvalue weighted by molar-refractivity contribution is 5.59. The fourth-order valence-electron chi connectivity index (χ4n) is 2.58. The number of ether oxygens (including phenoxy) is 1. The second-order valence-electron chi connectivity index (χ2n) is 5.39. The van der Waals surface area contributed by atoms with Gasteiger partial charge in [0.2, 0.25) is 0 Å². The lowest BCUT2D eigenvalue weighted by Gasteiger charge is -2.31. The van der Waals surface area contributed by atoms with Gasteiger partial charge in [-0.1, -0.05) is 19.9 Å². The average molecular weight is 266 g/mol. The molecule has 0 saturated heterocycles. The Morgan fingerprint density at radius 1 is 1.42 bits per heavy atom. The number of halogens is 1. The molecule has 1 aromatic carbocycles. The molecule has 1 aliphatic heterocycles. The fraction of sp³-hybridized carbons (Fsp3) is 0.600. The molecule has 1 unspecified atom stereocenters. The van der Waals surface area contributed by atoms with E-state index in [0.717, 1.165) is 25.2 Å². The molecular weight excluding hydrogens is 243 g/mol. The summed E-state index contributed by atoms with van der Waals surface area (Å²) in [5.41, 5.74) is 2.25. The van der Waals surface area contributed by atoms with Crippen LogP contribution in [0.1, 0.15) is 19.4 Å². The van der Waals surface area contributed by atoms with E-state index in [9.17, 15) is 4.39 Å². The lowest BCUT2D eigenvalue weighted by Crippen LogP contribution is -2.46. The highest BCUT2D eigenvalue weighted by atomic mass is 19.1. The van der Waals surface area contributed by atoms with Crippen molar-refractivity contribution >= 4 is 5.69 Å². The predicted molar refractivity (Wildman–Crippen MR) is 76.3 cm³/mol. The van der Waals surface area contributed by atoms with E-state index in [1.807, 2.05) is 6.07 Å². The second kappa shape index (κ2) is 6.35. The van der Waals surface area contributed by atoms with Crippen molar-refractivity contribution < 1.29 is 9.13 Å². The molecule has 0 fully saturated rings. The first-order valence-corrected chi connectivity index (χ1v) is 6.89. The summed E-state index contributed by atoms with van der Waals surface area (Å²) in [6, 6.07) is 5.76. The molecule has 0 radical (unpaired) electrons. The zero-order valence-corrected chi connectivity index (χ0v) is 11.9. The quantitative estimate of drug-likeness (QED) is 0.854. The van der Waals surface area contributed by atoms with Gasteiger partial charge in [-0.2, -0.15) is 0 Å². The summed E-state index contributed by atoms with van der Waals surface area (Å²) >= 11 is 0. The first kappa shape index (κ1) is 14.3. The summed E-state index contributed by atoms with van der Waals surface area (Å²) < 4.78 is 18.7. The van der Waals surface area contributed by atoms with E-state index >= 15 is 0 Å². The Bertz CT molecular complexity index is 423. The normalized spacial score (nSPS) is 15.9. The maximum atomic E-state index is 13.4. The van der Waals surface area contributed by atoms with Crippen molar-refractivity contribution in [2.75, 3.05) is 31.7 Å². The van der Waals surface area contributed by atoms with Gasteiger partial charge in [0, 0.05) is 31.9 Å². The summed E-state index contributed by atoms with van der Waals surface area (Å²) in [7, 11) is 1.71. The largest absolute Gasteiger partial charge is 0.383 e. The third-order valence-corrected chi connectivity index (χ3v) is 3.54. The van der Waals surface area contributed by atoms with Crippen molar-refractivity contribution in [1.82, 2.24) is 5.32 Å². The topological polar surface area (TPSA) is 24.5 Å². The molecule has 0 saturated carbocycles. The van der Waals surface area contributed by atoms with Gasteiger partial charge in [0.15, 0.2) is 0 Å². The minimum absolute atomic E-state index is 0.168. The Kier molecular flexibility index (Phi) is 4.77. The first-order chi connectivity index (χ1) is 9.11. The van der Waals surface area contributed by atoms with Crippen molar-refractivity contribution in [3.05, 3.63) is 29.6 Å². The maximum absolute atomic E-state index is 13.4. The summed E-state index contributed by atoms with van der Waals surface area (Å²) in [5.74, 6) is -0.168. The smallest absolute Gasteiger partial charge is 0.125 e. The van der Waals surface area contributed by atoms with E-state index in [2.05, 4.69) is 24.1 Å². The van der Waals surface area contributed by atoms with Crippen LogP contribution < -0.4 is 10.2 Å². The molecule has 4 heteroatoms. The minimum Gasteiger partial charge on any atom is -0.383 e. The lowest BCUT2D eigenvalue weighted by molar-refractivity contribution is 0.175. The van der Waals surface area contributed by atoms with Crippen LogP contribution >= 0.6 is 0 Å². The maximum Gasteiger partial charge on any atom is 0.125 e. The van der Waals surface area contributed by atoms with Gasteiger partial charge in [0.25, 0.3) is 0 Å². The van der Waals surface area contributed by atoms with E-state index in [0.29, 0.717) is 12.6 Å². The molecule has 1 aliphatic rings. The summed E-state index contributed by atoms with van der Waals surface area (Å²) in [6.45, 7) is 6.69. The van der Waals surface area contributed by atoms with Crippen LogP contribution in [0.5, 0.6) is 0 Å². The molecule has 0 aliphatic carbocycles. The van der Waals surface area contributed by atoms with Gasteiger partial charge in [0.1, 0.15) is 5.82 Å². The van der Waals surface area contributed by atoms with Crippen LogP contribution in [0.15, 0.2) is 18.2 Å². The van der Waals surface area contributed by atoms with Gasteiger partial charge in [0.05, 0.1) is 12.6 Å². The van der Waals surface area contributed by atoms with E-state index in [1.54, 1.807) is 19.2 Å². The average Bonchev–Trinajstić information content (AvgIpc) is 2.77. The number of anilines is 1.